The van der Waals surface area contributed by atoms with E-state index in [1.165, 1.54) is 19.3 Å². The third kappa shape index (κ3) is 3.51. The Balaban J connectivity index is 2.28. The lowest BCUT2D eigenvalue weighted by atomic mass is 9.83. The summed E-state index contributed by atoms with van der Waals surface area (Å²) < 4.78 is 0. The van der Waals surface area contributed by atoms with E-state index < -0.39 is 11.9 Å². The summed E-state index contributed by atoms with van der Waals surface area (Å²) in [6.07, 6.45) is 4.78. The van der Waals surface area contributed by atoms with Crippen molar-refractivity contribution in [2.75, 3.05) is 6.54 Å². The van der Waals surface area contributed by atoms with Crippen molar-refractivity contribution in [1.82, 2.24) is 5.32 Å². The standard InChI is InChI=1S/C12H21NO3/c1-8(2)10(12(15)16)11(14)13-7-6-9-4-3-5-9/h8-10H,3-7H2,1-2H3,(H,13,14)(H,15,16). The average molecular weight is 227 g/mol. The SMILES string of the molecule is CC(C)C(C(=O)O)C(=O)NCCC1CCC1. The molecule has 1 aliphatic carbocycles. The number of hydrogen-bond acceptors (Lipinski definition) is 2. The van der Waals surface area contributed by atoms with Gasteiger partial charge in [-0.2, -0.15) is 0 Å². The monoisotopic (exact) mass is 227 g/mol. The summed E-state index contributed by atoms with van der Waals surface area (Å²) in [4.78, 5) is 22.5. The predicted molar refractivity (Wildman–Crippen MR) is 60.9 cm³/mol. The molecule has 0 aromatic carbocycles. The second-order valence-corrected chi connectivity index (χ2v) is 4.94. The van der Waals surface area contributed by atoms with Crippen molar-refractivity contribution in [3.8, 4) is 0 Å². The lowest BCUT2D eigenvalue weighted by molar-refractivity contribution is -0.148. The van der Waals surface area contributed by atoms with E-state index in [-0.39, 0.29) is 11.8 Å². The topological polar surface area (TPSA) is 66.4 Å². The Kier molecular flexibility index (Phi) is 4.77. The van der Waals surface area contributed by atoms with Crippen LogP contribution in [0.4, 0.5) is 0 Å². The molecule has 1 atom stereocenters. The number of hydrogen-bond donors (Lipinski definition) is 2. The van der Waals surface area contributed by atoms with Gasteiger partial charge >= 0.3 is 5.97 Å². The fraction of sp³-hybridized carbons (Fsp3) is 0.833. The van der Waals surface area contributed by atoms with E-state index >= 15 is 0 Å². The molecule has 1 amide bonds. The van der Waals surface area contributed by atoms with E-state index in [0.717, 1.165) is 12.3 Å². The third-order valence-corrected chi connectivity index (χ3v) is 3.29. The summed E-state index contributed by atoms with van der Waals surface area (Å²) in [5.41, 5.74) is 0. The average Bonchev–Trinajstić information content (AvgIpc) is 2.07. The van der Waals surface area contributed by atoms with Crippen LogP contribution in [0.5, 0.6) is 0 Å². The van der Waals surface area contributed by atoms with Crippen LogP contribution in [-0.2, 0) is 9.59 Å². The van der Waals surface area contributed by atoms with Crippen molar-refractivity contribution in [3.05, 3.63) is 0 Å². The Labute approximate surface area is 96.4 Å². The molecule has 1 saturated carbocycles. The normalized spacial score (nSPS) is 17.9. The number of carboxylic acid groups (broad SMARTS) is 1. The molecular formula is C12H21NO3. The van der Waals surface area contributed by atoms with Crippen molar-refractivity contribution in [3.63, 3.8) is 0 Å². The minimum absolute atomic E-state index is 0.166. The third-order valence-electron chi connectivity index (χ3n) is 3.29. The summed E-state index contributed by atoms with van der Waals surface area (Å²) >= 11 is 0. The molecule has 0 aromatic rings. The molecule has 1 unspecified atom stereocenters. The highest BCUT2D eigenvalue weighted by molar-refractivity contribution is 5.97. The quantitative estimate of drug-likeness (QED) is 0.678. The van der Waals surface area contributed by atoms with Gasteiger partial charge in [0.05, 0.1) is 0 Å². The van der Waals surface area contributed by atoms with Gasteiger partial charge in [-0.25, -0.2) is 0 Å². The molecule has 1 fully saturated rings. The van der Waals surface area contributed by atoms with Crippen molar-refractivity contribution < 1.29 is 14.7 Å². The van der Waals surface area contributed by atoms with Crippen molar-refractivity contribution in [1.29, 1.82) is 0 Å². The Morgan fingerprint density at radius 3 is 2.38 bits per heavy atom. The molecule has 0 aromatic heterocycles. The molecule has 0 saturated heterocycles. The fourth-order valence-corrected chi connectivity index (χ4v) is 1.99. The zero-order valence-electron chi connectivity index (χ0n) is 10.0. The maximum absolute atomic E-state index is 11.6. The van der Waals surface area contributed by atoms with Crippen LogP contribution in [0.3, 0.4) is 0 Å². The van der Waals surface area contributed by atoms with E-state index in [4.69, 9.17) is 5.11 Å². The Bertz CT molecular complexity index is 259. The highest BCUT2D eigenvalue weighted by atomic mass is 16.4. The number of carbonyl (C=O) groups excluding carboxylic acids is 1. The predicted octanol–water partition coefficient (Wildman–Crippen LogP) is 1.65. The van der Waals surface area contributed by atoms with Gasteiger partial charge in [0.1, 0.15) is 5.92 Å². The molecule has 0 spiro atoms. The van der Waals surface area contributed by atoms with Crippen LogP contribution in [0.15, 0.2) is 0 Å². The van der Waals surface area contributed by atoms with Gasteiger partial charge in [-0.15, -0.1) is 0 Å². The Morgan fingerprint density at radius 2 is 2.00 bits per heavy atom. The summed E-state index contributed by atoms with van der Waals surface area (Å²) in [5, 5.41) is 11.6. The van der Waals surface area contributed by atoms with Gasteiger partial charge in [0.15, 0.2) is 0 Å². The second-order valence-electron chi connectivity index (χ2n) is 4.94. The van der Waals surface area contributed by atoms with Gasteiger partial charge in [0, 0.05) is 6.54 Å². The van der Waals surface area contributed by atoms with Crippen LogP contribution in [0.1, 0.15) is 39.5 Å². The van der Waals surface area contributed by atoms with E-state index in [2.05, 4.69) is 5.32 Å². The molecule has 0 bridgehead atoms. The minimum atomic E-state index is -1.03. The second kappa shape index (κ2) is 5.87. The summed E-state index contributed by atoms with van der Waals surface area (Å²) in [6.45, 7) is 4.12. The number of carbonyl (C=O) groups is 2. The Morgan fingerprint density at radius 1 is 1.38 bits per heavy atom. The number of rotatable bonds is 6. The number of carboxylic acids is 1. The van der Waals surface area contributed by atoms with Crippen molar-refractivity contribution in [2.45, 2.75) is 39.5 Å². The fourth-order valence-electron chi connectivity index (χ4n) is 1.99. The maximum atomic E-state index is 11.6. The van der Waals surface area contributed by atoms with Gasteiger partial charge in [-0.05, 0) is 18.3 Å². The molecule has 1 rings (SSSR count). The van der Waals surface area contributed by atoms with Gasteiger partial charge in [-0.3, -0.25) is 9.59 Å². The minimum Gasteiger partial charge on any atom is -0.481 e. The molecule has 1 aliphatic rings. The molecule has 0 radical (unpaired) electrons. The zero-order valence-corrected chi connectivity index (χ0v) is 10.0. The number of nitrogens with one attached hydrogen (secondary N) is 1. The van der Waals surface area contributed by atoms with Gasteiger partial charge in [0.2, 0.25) is 5.91 Å². The first kappa shape index (κ1) is 13.0. The zero-order chi connectivity index (χ0) is 12.1. The van der Waals surface area contributed by atoms with E-state index in [9.17, 15) is 9.59 Å². The molecular weight excluding hydrogens is 206 g/mol. The molecule has 4 heteroatoms. The summed E-state index contributed by atoms with van der Waals surface area (Å²) in [7, 11) is 0. The largest absolute Gasteiger partial charge is 0.481 e. The molecule has 4 nitrogen and oxygen atoms in total. The lowest BCUT2D eigenvalue weighted by Crippen LogP contribution is -2.39. The van der Waals surface area contributed by atoms with Crippen LogP contribution < -0.4 is 5.32 Å². The van der Waals surface area contributed by atoms with Crippen molar-refractivity contribution in [2.24, 2.45) is 17.8 Å². The van der Waals surface area contributed by atoms with Crippen LogP contribution in [0, 0.1) is 17.8 Å². The lowest BCUT2D eigenvalue weighted by Gasteiger charge is -2.25. The van der Waals surface area contributed by atoms with Crippen LogP contribution in [0.2, 0.25) is 0 Å². The number of amides is 1. The van der Waals surface area contributed by atoms with Gasteiger partial charge < -0.3 is 10.4 Å². The van der Waals surface area contributed by atoms with E-state index in [1.807, 2.05) is 0 Å². The highest BCUT2D eigenvalue weighted by Crippen LogP contribution is 2.28. The van der Waals surface area contributed by atoms with E-state index in [0.29, 0.717) is 6.54 Å². The highest BCUT2D eigenvalue weighted by Gasteiger charge is 2.29. The summed E-state index contributed by atoms with van der Waals surface area (Å²) in [5.74, 6) is -1.72. The number of aliphatic carboxylic acids is 1. The molecule has 0 aliphatic heterocycles. The molecule has 92 valence electrons. The Hall–Kier alpha value is -1.06. The van der Waals surface area contributed by atoms with Crippen molar-refractivity contribution >= 4 is 11.9 Å². The maximum Gasteiger partial charge on any atom is 0.316 e. The first-order chi connectivity index (χ1) is 7.52. The smallest absolute Gasteiger partial charge is 0.316 e. The van der Waals surface area contributed by atoms with Crippen LogP contribution in [0.25, 0.3) is 0 Å². The van der Waals surface area contributed by atoms with Gasteiger partial charge in [-0.1, -0.05) is 33.1 Å². The van der Waals surface area contributed by atoms with E-state index in [1.54, 1.807) is 13.8 Å². The van der Waals surface area contributed by atoms with Crippen LogP contribution in [-0.4, -0.2) is 23.5 Å². The molecule has 2 N–H and O–H groups in total. The molecule has 0 heterocycles. The van der Waals surface area contributed by atoms with Crippen LogP contribution >= 0.6 is 0 Å². The summed E-state index contributed by atoms with van der Waals surface area (Å²) in [6, 6.07) is 0. The first-order valence-electron chi connectivity index (χ1n) is 6.03. The molecule has 16 heavy (non-hydrogen) atoms. The first-order valence-corrected chi connectivity index (χ1v) is 6.03. The van der Waals surface area contributed by atoms with Gasteiger partial charge in [0.25, 0.3) is 0 Å².